The molecule has 1 fully saturated rings. The third-order valence-corrected chi connectivity index (χ3v) is 3.31. The van der Waals surface area contributed by atoms with Gasteiger partial charge in [-0.05, 0) is 12.1 Å². The molecule has 2 N–H and O–H groups in total. The number of anilines is 1. The van der Waals surface area contributed by atoms with Gasteiger partial charge in [0.1, 0.15) is 5.82 Å². The van der Waals surface area contributed by atoms with Crippen molar-refractivity contribution in [1.29, 1.82) is 0 Å². The number of carbonyl (C=O) groups excluding carboxylic acids is 1. The number of hydrogen-bond donors (Lipinski definition) is 2. The maximum Gasteiger partial charge on any atom is 0.427 e. The molecule has 1 aromatic rings. The number of carboxylic acids is 1. The summed E-state index contributed by atoms with van der Waals surface area (Å²) in [5.74, 6) is -2.41. The van der Waals surface area contributed by atoms with Crippen LogP contribution in [0.1, 0.15) is 6.42 Å². The lowest BCUT2D eigenvalue weighted by molar-refractivity contribution is -0.326. The van der Waals surface area contributed by atoms with E-state index < -0.39 is 29.3 Å². The van der Waals surface area contributed by atoms with Gasteiger partial charge in [0.25, 0.3) is 0 Å². The van der Waals surface area contributed by atoms with Crippen LogP contribution in [0.15, 0.2) is 24.4 Å². The van der Waals surface area contributed by atoms with Crippen molar-refractivity contribution in [3.8, 4) is 0 Å². The molecule has 0 bridgehead atoms. The molecule has 0 aromatic carbocycles. The van der Waals surface area contributed by atoms with Crippen molar-refractivity contribution in [2.24, 2.45) is 0 Å². The summed E-state index contributed by atoms with van der Waals surface area (Å²) >= 11 is 5.52. The van der Waals surface area contributed by atoms with E-state index in [1.54, 1.807) is 5.43 Å². The Kier molecular flexibility index (Phi) is 3.31. The highest BCUT2D eigenvalue weighted by molar-refractivity contribution is 6.26. The number of hydrogen-bond acceptors (Lipinski definition) is 6. The van der Waals surface area contributed by atoms with E-state index in [0.29, 0.717) is 0 Å². The molecule has 0 aliphatic carbocycles. The molecule has 110 valence electrons. The van der Waals surface area contributed by atoms with Crippen LogP contribution in [0.3, 0.4) is 0 Å². The fourth-order valence-electron chi connectivity index (χ4n) is 1.80. The zero-order valence-corrected chi connectivity index (χ0v) is 10.4. The molecule has 20 heavy (non-hydrogen) atoms. The molecule has 2 heterocycles. The standard InChI is InChI=1S/C10H9ClF3N3O3/c11-9(10(12,13)14)5-8(20,7(18)19)16-17(9)6-3-1-2-4-15-6/h1-4,16,20H,5H2,(H,18,19)/p-1. The Morgan fingerprint density at radius 3 is 2.65 bits per heavy atom. The van der Waals surface area contributed by atoms with Gasteiger partial charge < -0.3 is 15.0 Å². The van der Waals surface area contributed by atoms with E-state index >= 15 is 0 Å². The number of aliphatic carboxylic acids is 1. The Bertz CT molecular complexity index is 529. The molecular formula is C10H8ClF3N3O3-. The summed E-state index contributed by atoms with van der Waals surface area (Å²) in [6.07, 6.45) is -5.19. The number of alkyl halides is 4. The lowest BCUT2D eigenvalue weighted by Crippen LogP contribution is -2.58. The number of aliphatic hydroxyl groups is 1. The van der Waals surface area contributed by atoms with Crippen molar-refractivity contribution in [1.82, 2.24) is 10.4 Å². The lowest BCUT2D eigenvalue weighted by atomic mass is 10.1. The minimum atomic E-state index is -5.03. The molecule has 1 aliphatic heterocycles. The van der Waals surface area contributed by atoms with E-state index in [9.17, 15) is 28.2 Å². The molecule has 6 nitrogen and oxygen atoms in total. The Hall–Kier alpha value is -1.58. The first-order valence-electron chi connectivity index (χ1n) is 5.29. The van der Waals surface area contributed by atoms with Crippen LogP contribution in [0.25, 0.3) is 0 Å². The van der Waals surface area contributed by atoms with Crippen LogP contribution in [0.4, 0.5) is 19.0 Å². The van der Waals surface area contributed by atoms with Gasteiger partial charge in [-0.3, -0.25) is 5.01 Å². The number of carboxylic acid groups (broad SMARTS) is 1. The summed E-state index contributed by atoms with van der Waals surface area (Å²) in [5, 5.41) is 20.8. The Morgan fingerprint density at radius 2 is 2.20 bits per heavy atom. The maximum atomic E-state index is 13.1. The molecule has 1 aromatic heterocycles. The van der Waals surface area contributed by atoms with Crippen LogP contribution in [0.5, 0.6) is 0 Å². The quantitative estimate of drug-likeness (QED) is 0.577. The normalized spacial score (nSPS) is 30.6. The topological polar surface area (TPSA) is 88.5 Å². The van der Waals surface area contributed by atoms with Crippen LogP contribution in [-0.2, 0) is 4.79 Å². The second kappa shape index (κ2) is 4.47. The zero-order chi connectivity index (χ0) is 15.2. The van der Waals surface area contributed by atoms with Gasteiger partial charge in [0.05, 0.1) is 5.97 Å². The third-order valence-electron chi connectivity index (χ3n) is 2.79. The van der Waals surface area contributed by atoms with Crippen molar-refractivity contribution in [3.05, 3.63) is 24.4 Å². The highest BCUT2D eigenvalue weighted by Crippen LogP contribution is 2.48. The first-order valence-corrected chi connectivity index (χ1v) is 5.66. The monoisotopic (exact) mass is 310 g/mol. The molecule has 0 saturated carbocycles. The molecule has 2 atom stereocenters. The van der Waals surface area contributed by atoms with Crippen molar-refractivity contribution >= 4 is 23.4 Å². The van der Waals surface area contributed by atoms with E-state index in [2.05, 4.69) is 4.98 Å². The number of aromatic nitrogens is 1. The first-order chi connectivity index (χ1) is 9.10. The van der Waals surface area contributed by atoms with Gasteiger partial charge in [0.15, 0.2) is 5.72 Å². The van der Waals surface area contributed by atoms with Crippen molar-refractivity contribution in [3.63, 3.8) is 0 Å². The van der Waals surface area contributed by atoms with E-state index in [1.165, 1.54) is 24.4 Å². The molecule has 2 rings (SSSR count). The molecule has 1 aliphatic rings. The van der Waals surface area contributed by atoms with Crippen LogP contribution >= 0.6 is 11.6 Å². The Morgan fingerprint density at radius 1 is 1.55 bits per heavy atom. The summed E-state index contributed by atoms with van der Waals surface area (Å²) < 4.78 is 39.4. The number of nitrogens with one attached hydrogen (secondary N) is 1. The summed E-state index contributed by atoms with van der Waals surface area (Å²) in [7, 11) is 0. The molecule has 1 saturated heterocycles. The predicted molar refractivity (Wildman–Crippen MR) is 59.1 cm³/mol. The van der Waals surface area contributed by atoms with Gasteiger partial charge in [-0.15, -0.1) is 0 Å². The Labute approximate surface area is 115 Å². The molecule has 0 radical (unpaired) electrons. The lowest BCUT2D eigenvalue weighted by Gasteiger charge is -2.33. The summed E-state index contributed by atoms with van der Waals surface area (Å²) in [5.41, 5.74) is -1.16. The fraction of sp³-hybridized carbons (Fsp3) is 0.400. The summed E-state index contributed by atoms with van der Waals surface area (Å²) in [6, 6.07) is 4.01. The van der Waals surface area contributed by atoms with Crippen molar-refractivity contribution in [2.75, 3.05) is 5.01 Å². The van der Waals surface area contributed by atoms with Crippen LogP contribution in [0, 0.1) is 0 Å². The van der Waals surface area contributed by atoms with Gasteiger partial charge in [0, 0.05) is 12.6 Å². The first kappa shape index (κ1) is 14.8. The molecule has 10 heteroatoms. The summed E-state index contributed by atoms with van der Waals surface area (Å²) in [4.78, 5) is 11.3. The number of rotatable bonds is 2. The van der Waals surface area contributed by atoms with Crippen molar-refractivity contribution < 1.29 is 28.2 Å². The number of halogens is 4. The number of pyridine rings is 1. The Balaban J connectivity index is 2.50. The van der Waals surface area contributed by atoms with Crippen molar-refractivity contribution in [2.45, 2.75) is 23.3 Å². The van der Waals surface area contributed by atoms with E-state index in [4.69, 9.17) is 11.6 Å². The second-order valence-electron chi connectivity index (χ2n) is 4.22. The summed E-state index contributed by atoms with van der Waals surface area (Å²) in [6.45, 7) is 0. The van der Waals surface area contributed by atoms with Gasteiger partial charge in [-0.2, -0.15) is 18.6 Å². The highest BCUT2D eigenvalue weighted by atomic mass is 35.5. The second-order valence-corrected chi connectivity index (χ2v) is 4.84. The molecule has 0 amide bonds. The number of carbonyl (C=O) groups is 1. The average Bonchev–Trinajstić information content (AvgIpc) is 2.64. The van der Waals surface area contributed by atoms with Gasteiger partial charge in [0.2, 0.25) is 5.00 Å². The molecule has 2 unspecified atom stereocenters. The largest absolute Gasteiger partial charge is 0.545 e. The highest BCUT2D eigenvalue weighted by Gasteiger charge is 2.67. The minimum Gasteiger partial charge on any atom is -0.545 e. The zero-order valence-electron chi connectivity index (χ0n) is 9.69. The van der Waals surface area contributed by atoms with Crippen LogP contribution in [0.2, 0.25) is 0 Å². The van der Waals surface area contributed by atoms with E-state index in [0.717, 1.165) is 0 Å². The fourth-order valence-corrected chi connectivity index (χ4v) is 2.12. The van der Waals surface area contributed by atoms with Crippen LogP contribution in [-0.4, -0.2) is 33.0 Å². The van der Waals surface area contributed by atoms with Gasteiger partial charge in [-0.25, -0.2) is 4.98 Å². The van der Waals surface area contributed by atoms with E-state index in [-0.39, 0.29) is 10.8 Å². The number of hydrazine groups is 1. The average molecular weight is 311 g/mol. The predicted octanol–water partition coefficient (Wildman–Crippen LogP) is -0.268. The maximum absolute atomic E-state index is 13.1. The molecular weight excluding hydrogens is 303 g/mol. The van der Waals surface area contributed by atoms with E-state index in [1.807, 2.05) is 0 Å². The third kappa shape index (κ3) is 2.17. The van der Waals surface area contributed by atoms with Crippen LogP contribution < -0.4 is 15.5 Å². The van der Waals surface area contributed by atoms with Gasteiger partial charge >= 0.3 is 6.18 Å². The minimum absolute atomic E-state index is 0.268. The SMILES string of the molecule is O=C([O-])C1(O)CC(Cl)(C(F)(F)F)N(c2ccccn2)N1. The van der Waals surface area contributed by atoms with Gasteiger partial charge in [-0.1, -0.05) is 17.7 Å². The molecule has 0 spiro atoms. The smallest absolute Gasteiger partial charge is 0.427 e. The number of nitrogens with zero attached hydrogens (tertiary/aromatic N) is 2.